The average molecular weight is 422 g/mol. The van der Waals surface area contributed by atoms with Crippen LogP contribution in [0, 0.1) is 13.8 Å². The van der Waals surface area contributed by atoms with Crippen molar-refractivity contribution in [3.05, 3.63) is 47.8 Å². The van der Waals surface area contributed by atoms with E-state index in [-0.39, 0.29) is 0 Å². The predicted molar refractivity (Wildman–Crippen MR) is 117 cm³/mol. The van der Waals surface area contributed by atoms with E-state index in [9.17, 15) is 0 Å². The molecule has 140 valence electrons. The van der Waals surface area contributed by atoms with Crippen molar-refractivity contribution in [3.63, 3.8) is 0 Å². The molecule has 0 saturated carbocycles. The zero-order valence-electron chi connectivity index (χ0n) is 17.5. The number of hydrogen-bond donors (Lipinski definition) is 0. The van der Waals surface area contributed by atoms with Crippen molar-refractivity contribution in [2.45, 2.75) is 36.5 Å². The average Bonchev–Trinajstić information content (AvgIpc) is 2.91. The first-order valence-electron chi connectivity index (χ1n) is 9.59. The topological polar surface area (TPSA) is 18.0 Å². The Hall–Kier alpha value is -2.01. The van der Waals surface area contributed by atoms with Crippen LogP contribution >= 0.6 is 0 Å². The van der Waals surface area contributed by atoms with Gasteiger partial charge >= 0.3 is 164 Å². The molecule has 4 rings (SSSR count). The van der Waals surface area contributed by atoms with Gasteiger partial charge in [0, 0.05) is 0 Å². The second-order valence-corrected chi connectivity index (χ2v) is 20.3. The third-order valence-electron chi connectivity index (χ3n) is 5.62. The molecule has 0 N–H and O–H groups in total. The van der Waals surface area contributed by atoms with E-state index in [1.807, 2.05) is 0 Å². The number of pyridine rings is 1. The first-order chi connectivity index (χ1) is 12.7. The molecule has 2 heterocycles. The van der Waals surface area contributed by atoms with Gasteiger partial charge in [-0.1, -0.05) is 0 Å². The Morgan fingerprint density at radius 1 is 1.00 bits per heavy atom. The number of ether oxygens (including phenoxy) is 1. The fourth-order valence-corrected chi connectivity index (χ4v) is 7.15. The summed E-state index contributed by atoms with van der Waals surface area (Å²) in [7, 11) is 3.91. The summed E-state index contributed by atoms with van der Waals surface area (Å²) in [6.07, 6.45) is 4.63. The minimum absolute atomic E-state index is 0.913. The maximum atomic E-state index is 5.50. The van der Waals surface area contributed by atoms with E-state index >= 15 is 0 Å². The second-order valence-electron chi connectivity index (χ2n) is 8.92. The molecule has 0 atom stereocenters. The van der Waals surface area contributed by atoms with Gasteiger partial charge in [-0.05, 0) is 0 Å². The molecule has 0 unspecified atom stereocenters. The van der Waals surface area contributed by atoms with Crippen molar-refractivity contribution in [3.8, 4) is 5.75 Å². The Balaban J connectivity index is 2.12. The van der Waals surface area contributed by atoms with Crippen molar-refractivity contribution < 1.29 is 9.30 Å². The van der Waals surface area contributed by atoms with Crippen molar-refractivity contribution in [2.24, 2.45) is 7.05 Å². The molecule has 3 nitrogen and oxygen atoms in total. The summed E-state index contributed by atoms with van der Waals surface area (Å²) in [6, 6.07) is 8.71. The molecule has 0 bridgehead atoms. The molecule has 0 aliphatic carbocycles. The fraction of sp³-hybridized carbons (Fsp3) is 0.348. The SMILES string of the molecule is COc1ccc2c(c1)c1c(C)c3c[n+]([CH2][Ge]([CH3])([CH3])[CH3])ccc3c(C)c1n2C. The molecular formula is C23H29GeN2O+. The Labute approximate surface area is 163 Å². The van der Waals surface area contributed by atoms with E-state index in [1.165, 1.54) is 49.1 Å². The number of methoxy groups -OCH3 is 1. The van der Waals surface area contributed by atoms with Gasteiger partial charge in [-0.2, -0.15) is 0 Å². The van der Waals surface area contributed by atoms with E-state index in [4.69, 9.17) is 4.74 Å². The first-order valence-corrected chi connectivity index (χ1v) is 17.4. The Morgan fingerprint density at radius 2 is 1.74 bits per heavy atom. The maximum absolute atomic E-state index is 5.50. The zero-order valence-corrected chi connectivity index (χ0v) is 19.6. The number of nitrogens with zero attached hydrogens (tertiary/aromatic N) is 2. The number of rotatable bonds is 3. The van der Waals surface area contributed by atoms with Crippen molar-refractivity contribution >= 4 is 45.8 Å². The molecule has 2 aromatic heterocycles. The Bertz CT molecular complexity index is 1200. The van der Waals surface area contributed by atoms with E-state index < -0.39 is 13.3 Å². The van der Waals surface area contributed by atoms with Crippen LogP contribution in [-0.2, 0) is 12.4 Å². The molecule has 0 fully saturated rings. The molecule has 4 heteroatoms. The van der Waals surface area contributed by atoms with Crippen LogP contribution in [0.3, 0.4) is 0 Å². The monoisotopic (exact) mass is 423 g/mol. The minimum atomic E-state index is -1.68. The van der Waals surface area contributed by atoms with Gasteiger partial charge in [0.25, 0.3) is 0 Å². The van der Waals surface area contributed by atoms with Crippen molar-refractivity contribution in [2.75, 3.05) is 7.11 Å². The fourth-order valence-electron chi connectivity index (χ4n) is 4.44. The quantitative estimate of drug-likeness (QED) is 0.325. The summed E-state index contributed by atoms with van der Waals surface area (Å²) in [5.41, 5.74) is 5.30. The van der Waals surface area contributed by atoms with E-state index in [0.29, 0.717) is 0 Å². The molecule has 0 spiro atoms. The summed E-state index contributed by atoms with van der Waals surface area (Å²) in [6.45, 7) is 4.53. The van der Waals surface area contributed by atoms with Gasteiger partial charge in [0.1, 0.15) is 0 Å². The van der Waals surface area contributed by atoms with Crippen LogP contribution in [0.4, 0.5) is 0 Å². The van der Waals surface area contributed by atoms with Gasteiger partial charge in [-0.3, -0.25) is 0 Å². The third-order valence-corrected chi connectivity index (χ3v) is 8.38. The number of aryl methyl sites for hydroxylation is 3. The molecule has 0 saturated heterocycles. The van der Waals surface area contributed by atoms with E-state index in [1.54, 1.807) is 7.11 Å². The number of benzene rings is 2. The number of aromatic nitrogens is 2. The van der Waals surface area contributed by atoms with Gasteiger partial charge in [0.2, 0.25) is 0 Å². The Morgan fingerprint density at radius 3 is 2.41 bits per heavy atom. The molecule has 0 aliphatic rings. The Kier molecular flexibility index (Phi) is 4.26. The predicted octanol–water partition coefficient (Wildman–Crippen LogP) is 5.28. The van der Waals surface area contributed by atoms with Crippen LogP contribution in [0.2, 0.25) is 17.3 Å². The number of fused-ring (bicyclic) bond motifs is 4. The summed E-state index contributed by atoms with van der Waals surface area (Å²) < 4.78 is 10.2. The molecule has 0 aliphatic heterocycles. The van der Waals surface area contributed by atoms with Gasteiger partial charge in [-0.25, -0.2) is 0 Å². The van der Waals surface area contributed by atoms with Crippen LogP contribution in [0.15, 0.2) is 36.7 Å². The van der Waals surface area contributed by atoms with Crippen molar-refractivity contribution in [1.82, 2.24) is 4.57 Å². The second kappa shape index (κ2) is 6.27. The van der Waals surface area contributed by atoms with Crippen LogP contribution < -0.4 is 9.30 Å². The van der Waals surface area contributed by atoms with Gasteiger partial charge in [0.05, 0.1) is 0 Å². The van der Waals surface area contributed by atoms with Crippen LogP contribution in [0.5, 0.6) is 5.75 Å². The van der Waals surface area contributed by atoms with E-state index in [0.717, 1.165) is 5.75 Å². The zero-order chi connectivity index (χ0) is 19.5. The first kappa shape index (κ1) is 18.4. The van der Waals surface area contributed by atoms with Crippen LogP contribution in [0.1, 0.15) is 11.1 Å². The molecule has 27 heavy (non-hydrogen) atoms. The third kappa shape index (κ3) is 2.92. The van der Waals surface area contributed by atoms with Gasteiger partial charge in [0.15, 0.2) is 0 Å². The standard InChI is InChI=1S/C23H29GeN2O/c1-15-20-13-26(14-24(3,4)5)11-10-18(20)16(2)23-22(15)19-12-17(27-7)8-9-21(19)25(23)6/h8-13H,14H2,1-7H3/q+1. The van der Waals surface area contributed by atoms with Crippen LogP contribution in [0.25, 0.3) is 32.6 Å². The molecule has 4 aromatic rings. The summed E-state index contributed by atoms with van der Waals surface area (Å²) in [4.78, 5) is 0. The number of hydrogen-bond acceptors (Lipinski definition) is 1. The summed E-state index contributed by atoms with van der Waals surface area (Å²) in [5, 5.41) is 6.54. The molecule has 0 radical (unpaired) electrons. The van der Waals surface area contributed by atoms with Gasteiger partial charge < -0.3 is 0 Å². The normalized spacial score (nSPS) is 12.4. The summed E-state index contributed by atoms with van der Waals surface area (Å²) >= 11 is -1.68. The van der Waals surface area contributed by atoms with Crippen LogP contribution in [-0.4, -0.2) is 24.9 Å². The van der Waals surface area contributed by atoms with E-state index in [2.05, 4.69) is 84.0 Å². The van der Waals surface area contributed by atoms with Gasteiger partial charge in [-0.15, -0.1) is 0 Å². The molecule has 2 aromatic carbocycles. The van der Waals surface area contributed by atoms with Crippen molar-refractivity contribution in [1.29, 1.82) is 0 Å². The summed E-state index contributed by atoms with van der Waals surface area (Å²) in [5.74, 6) is 8.32. The molecular weight excluding hydrogens is 393 g/mol. The molecule has 0 amide bonds.